The molecule has 14 nitrogen and oxygen atoms in total. The minimum atomic E-state index is -0.895. The van der Waals surface area contributed by atoms with Gasteiger partial charge in [0.05, 0.1) is 22.8 Å². The number of urea groups is 2. The summed E-state index contributed by atoms with van der Waals surface area (Å²) >= 11 is 1.89. The van der Waals surface area contributed by atoms with Crippen LogP contribution in [0.1, 0.15) is 89.2 Å². The van der Waals surface area contributed by atoms with Crippen LogP contribution < -0.4 is 31.9 Å². The molecule has 2 aliphatic heterocycles. The second-order valence-electron chi connectivity index (χ2n) is 14.4. The molecule has 2 aromatic carbocycles. The summed E-state index contributed by atoms with van der Waals surface area (Å²) in [7, 11) is 0. The van der Waals surface area contributed by atoms with Crippen molar-refractivity contribution in [2.45, 2.75) is 101 Å². The molecule has 2 fully saturated rings. The third-order valence-electron chi connectivity index (χ3n) is 10.2. The van der Waals surface area contributed by atoms with Gasteiger partial charge in [-0.2, -0.15) is 11.8 Å². The van der Waals surface area contributed by atoms with Crippen molar-refractivity contribution in [1.82, 2.24) is 25.8 Å². The highest BCUT2D eigenvalue weighted by Crippen LogP contribution is 2.41. The van der Waals surface area contributed by atoms with Gasteiger partial charge in [0, 0.05) is 66.6 Å². The summed E-state index contributed by atoms with van der Waals surface area (Å²) in [4.78, 5) is 50.0. The number of phenolic OH excluding ortho intramolecular Hbond substituents is 2. The second kappa shape index (κ2) is 17.3. The molecule has 9 N–H and O–H groups in total. The zero-order chi connectivity index (χ0) is 38.3. The Labute approximate surface area is 314 Å². The summed E-state index contributed by atoms with van der Waals surface area (Å²) < 4.78 is 1.98. The number of nitrogens with one attached hydrogen (secondary N) is 5. The predicted octanol–water partition coefficient (Wildman–Crippen LogP) is 5.00. The number of aromatic nitrogens is 1. The van der Waals surface area contributed by atoms with E-state index in [1.807, 2.05) is 48.5 Å². The van der Waals surface area contributed by atoms with E-state index >= 15 is 0 Å². The number of benzene rings is 2. The number of nitrogens with zero attached hydrogens (tertiary/aromatic N) is 2. The molecule has 0 aliphatic carbocycles. The molecule has 2 saturated heterocycles. The second-order valence-corrected chi connectivity index (χ2v) is 15.6. The van der Waals surface area contributed by atoms with Crippen LogP contribution in [0.25, 0.3) is 10.9 Å². The van der Waals surface area contributed by atoms with E-state index in [0.29, 0.717) is 49.0 Å². The van der Waals surface area contributed by atoms with Crippen LogP contribution >= 0.6 is 11.8 Å². The summed E-state index contributed by atoms with van der Waals surface area (Å²) in [5, 5.41) is 42.6. The molecule has 0 saturated carbocycles. The number of phenols is 2. The summed E-state index contributed by atoms with van der Waals surface area (Å²) in [6, 6.07) is 8.92. The van der Waals surface area contributed by atoms with Crippen molar-refractivity contribution in [3.05, 3.63) is 53.7 Å². The number of amides is 6. The minimum absolute atomic E-state index is 0.0324. The Morgan fingerprint density at radius 2 is 1.74 bits per heavy atom. The number of hydrogen-bond donors (Lipinski definition) is 8. The predicted molar refractivity (Wildman–Crippen MR) is 208 cm³/mol. The first-order valence-corrected chi connectivity index (χ1v) is 19.4. The summed E-state index contributed by atoms with van der Waals surface area (Å²) in [6.45, 7) is 7.40. The monoisotopic (exact) mass is 748 g/mol. The Bertz CT molecular complexity index is 1850. The van der Waals surface area contributed by atoms with Crippen molar-refractivity contribution >= 4 is 58.1 Å². The minimum Gasteiger partial charge on any atom is -0.508 e. The van der Waals surface area contributed by atoms with E-state index in [-0.39, 0.29) is 58.2 Å². The van der Waals surface area contributed by atoms with Crippen LogP contribution in [0.2, 0.25) is 0 Å². The van der Waals surface area contributed by atoms with Crippen molar-refractivity contribution in [3.8, 4) is 11.5 Å². The van der Waals surface area contributed by atoms with Crippen LogP contribution in [0, 0.1) is 5.41 Å². The number of hydrogen-bond acceptors (Lipinski definition) is 8. The van der Waals surface area contributed by atoms with Crippen LogP contribution in [-0.2, 0) is 16.1 Å². The first kappa shape index (κ1) is 39.3. The van der Waals surface area contributed by atoms with E-state index in [1.165, 1.54) is 6.07 Å². The zero-order valence-electron chi connectivity index (χ0n) is 30.7. The maximum Gasteiger partial charge on any atom is 0.325 e. The molecule has 5 rings (SSSR count). The van der Waals surface area contributed by atoms with Crippen LogP contribution in [0.5, 0.6) is 11.5 Å². The number of fused-ring (bicyclic) bond motifs is 2. The van der Waals surface area contributed by atoms with Gasteiger partial charge in [0.25, 0.3) is 0 Å². The van der Waals surface area contributed by atoms with Gasteiger partial charge in [0.1, 0.15) is 17.3 Å². The zero-order valence-corrected chi connectivity index (χ0v) is 31.5. The molecule has 2 aliphatic rings. The summed E-state index contributed by atoms with van der Waals surface area (Å²) in [5.74, 6) is 0.0966. The molecule has 1 aromatic heterocycles. The van der Waals surface area contributed by atoms with Crippen molar-refractivity contribution < 1.29 is 29.4 Å². The topological polar surface area (TPSA) is 215 Å². The molecular weight excluding hydrogens is 697 g/mol. The van der Waals surface area contributed by atoms with Crippen LogP contribution in [-0.4, -0.2) is 80.2 Å². The lowest BCUT2D eigenvalue weighted by Gasteiger charge is -2.29. The molecule has 0 bridgehead atoms. The molecule has 3 heterocycles. The number of unbranched alkanes of at least 4 members (excludes halogenated alkanes) is 3. The van der Waals surface area contributed by atoms with Crippen LogP contribution in [0.15, 0.2) is 42.6 Å². The lowest BCUT2D eigenvalue weighted by atomic mass is 9.88. The quantitative estimate of drug-likeness (QED) is 0.0409. The molecular formula is C38H52N8O6S. The smallest absolute Gasteiger partial charge is 0.325 e. The fraction of sp³-hybridized carbons (Fsp3) is 0.500. The first-order valence-electron chi connectivity index (χ1n) is 18.4. The van der Waals surface area contributed by atoms with Gasteiger partial charge in [0.2, 0.25) is 11.8 Å². The number of nitrogens with two attached hydrogens (primary N) is 1. The average molecular weight is 749 g/mol. The summed E-state index contributed by atoms with van der Waals surface area (Å²) in [5.41, 5.74) is 7.29. The van der Waals surface area contributed by atoms with E-state index in [1.54, 1.807) is 12.1 Å². The third-order valence-corrected chi connectivity index (χ3v) is 11.9. The number of primary amides is 1. The maximum atomic E-state index is 12.5. The number of amidine groups is 1. The van der Waals surface area contributed by atoms with Gasteiger partial charge in [0.15, 0.2) is 0 Å². The lowest BCUT2D eigenvalue weighted by Crippen LogP contribution is -2.50. The number of thioether (sulfide) groups is 1. The Morgan fingerprint density at radius 3 is 2.45 bits per heavy atom. The van der Waals surface area contributed by atoms with Gasteiger partial charge in [-0.3, -0.25) is 15.0 Å². The largest absolute Gasteiger partial charge is 0.508 e. The summed E-state index contributed by atoms with van der Waals surface area (Å²) in [6.07, 6.45) is 7.88. The van der Waals surface area contributed by atoms with E-state index in [0.717, 1.165) is 66.1 Å². The highest BCUT2D eigenvalue weighted by atomic mass is 32.2. The van der Waals surface area contributed by atoms with Crippen molar-refractivity contribution in [2.24, 2.45) is 5.73 Å². The lowest BCUT2D eigenvalue weighted by molar-refractivity contribution is -0.122. The number of carbonyl (C=O) groups excluding carboxylic acids is 4. The van der Waals surface area contributed by atoms with Gasteiger partial charge >= 0.3 is 12.1 Å². The Hall–Kier alpha value is -4.92. The van der Waals surface area contributed by atoms with Gasteiger partial charge in [-0.25, -0.2) is 14.5 Å². The van der Waals surface area contributed by atoms with E-state index in [4.69, 9.17) is 11.1 Å². The number of aromatic hydroxyl groups is 2. The number of anilines is 1. The fourth-order valence-corrected chi connectivity index (χ4v) is 8.90. The van der Waals surface area contributed by atoms with E-state index < -0.39 is 6.03 Å². The van der Waals surface area contributed by atoms with Gasteiger partial charge < -0.3 is 41.8 Å². The molecule has 286 valence electrons. The van der Waals surface area contributed by atoms with Crippen molar-refractivity contribution in [1.29, 1.82) is 5.41 Å². The highest BCUT2D eigenvalue weighted by Gasteiger charge is 2.52. The average Bonchev–Trinajstić information content (AvgIpc) is 3.73. The van der Waals surface area contributed by atoms with E-state index in [9.17, 15) is 29.4 Å². The molecule has 3 aromatic rings. The molecule has 2 unspecified atom stereocenters. The molecule has 6 amide bonds. The van der Waals surface area contributed by atoms with Crippen molar-refractivity contribution in [3.63, 3.8) is 0 Å². The Morgan fingerprint density at radius 1 is 1.02 bits per heavy atom. The number of rotatable bonds is 17. The third kappa shape index (κ3) is 9.36. The fourth-order valence-electron chi connectivity index (χ4n) is 7.14. The normalized spacial score (nSPS) is 19.1. The first-order chi connectivity index (χ1) is 25.3. The van der Waals surface area contributed by atoms with Crippen LogP contribution in [0.3, 0.4) is 0 Å². The van der Waals surface area contributed by atoms with Gasteiger partial charge in [-0.1, -0.05) is 26.7 Å². The molecule has 15 heteroatoms. The van der Waals surface area contributed by atoms with Crippen LogP contribution in [0.4, 0.5) is 15.3 Å². The highest BCUT2D eigenvalue weighted by molar-refractivity contribution is 8.00. The Balaban J connectivity index is 0.982. The van der Waals surface area contributed by atoms with Gasteiger partial charge in [-0.15, -0.1) is 0 Å². The standard InChI is InChI=1S/C38H52N8O6S/c1-23(2)26-20-27(30(48)21-29(26)47)35(39)46(36(40)51)25-12-13-28-24(19-25)14-17-45(28)18-16-42-34(50)10-5-4-8-15-41-33(49)11-7-6-9-32-38(3)31(22-53-32)43-37(52)44-38/h12-14,17,19-21,23,31-32,39,47-48H,4-11,15-16,18,22H2,1-3H3,(H2,40,51)(H,41,49)(H,42,50)(H2,43,44,52)/t31?,32?,38-/m0/s1. The van der Waals surface area contributed by atoms with Gasteiger partial charge in [-0.05, 0) is 74.4 Å². The maximum absolute atomic E-state index is 12.5. The SMILES string of the molecule is CC(C)c1cc(C(=N)N(C(N)=O)c2ccc3c(ccn3CCNC(=O)CCCCCNC(=O)CCCCC3SCC4NC(=O)N[C@@]43C)c2)c(O)cc1O. The molecule has 3 atom stereocenters. The molecule has 0 radical (unpaired) electrons. The van der Waals surface area contributed by atoms with E-state index in [2.05, 4.69) is 28.2 Å². The van der Waals surface area contributed by atoms with Crippen molar-refractivity contribution in [2.75, 3.05) is 23.7 Å². The molecule has 53 heavy (non-hydrogen) atoms. The Kier molecular flexibility index (Phi) is 12.8. The number of carbonyl (C=O) groups is 4. The molecule has 0 spiro atoms.